The Morgan fingerprint density at radius 2 is 1.93 bits per heavy atom. The first-order valence-electron chi connectivity index (χ1n) is 5.11. The van der Waals surface area contributed by atoms with Crippen LogP contribution < -0.4 is 0 Å². The largest absolute Gasteiger partial charge is 0.293 e. The predicted octanol–water partition coefficient (Wildman–Crippen LogP) is 3.79. The van der Waals surface area contributed by atoms with Crippen molar-refractivity contribution in [3.63, 3.8) is 0 Å². The predicted molar refractivity (Wildman–Crippen MR) is 64.8 cm³/mol. The van der Waals surface area contributed by atoms with E-state index in [0.29, 0.717) is 5.56 Å². The van der Waals surface area contributed by atoms with Crippen molar-refractivity contribution in [2.45, 2.75) is 38.5 Å². The lowest BCUT2D eigenvalue weighted by molar-refractivity contribution is 0.0991. The van der Waals surface area contributed by atoms with Gasteiger partial charge in [0.1, 0.15) is 0 Å². The van der Waals surface area contributed by atoms with Gasteiger partial charge in [0.2, 0.25) is 0 Å². The van der Waals surface area contributed by atoms with Gasteiger partial charge in [-0.1, -0.05) is 39.0 Å². The number of carbonyl (C=O) groups excluding carboxylic acids is 1. The number of benzene rings is 1. The van der Waals surface area contributed by atoms with Crippen LogP contribution in [0, 0.1) is 0 Å². The lowest BCUT2D eigenvalue weighted by atomic mass is 9.86. The van der Waals surface area contributed by atoms with Crippen molar-refractivity contribution in [3.8, 4) is 0 Å². The summed E-state index contributed by atoms with van der Waals surface area (Å²) in [6.07, 6.45) is 0. The van der Waals surface area contributed by atoms with E-state index < -0.39 is 5.38 Å². The van der Waals surface area contributed by atoms with Gasteiger partial charge in [0.15, 0.2) is 5.78 Å². The maximum absolute atomic E-state index is 11.7. The molecular weight excluding hydrogens is 208 g/mol. The molecule has 1 rings (SSSR count). The third kappa shape index (κ3) is 3.07. The van der Waals surface area contributed by atoms with E-state index in [1.807, 2.05) is 24.3 Å². The Hall–Kier alpha value is -0.820. The standard InChI is InChI=1S/C13H17ClO/c1-9(14)12(15)10-6-5-7-11(8-10)13(2,3)4/h5-9H,1-4H3. The van der Waals surface area contributed by atoms with Crippen LogP contribution in [0.25, 0.3) is 0 Å². The molecule has 0 aliphatic rings. The number of rotatable bonds is 2. The van der Waals surface area contributed by atoms with Crippen LogP contribution in [0.3, 0.4) is 0 Å². The highest BCUT2D eigenvalue weighted by molar-refractivity contribution is 6.33. The van der Waals surface area contributed by atoms with Gasteiger partial charge in [-0.3, -0.25) is 4.79 Å². The summed E-state index contributed by atoms with van der Waals surface area (Å²) in [6.45, 7) is 8.08. The van der Waals surface area contributed by atoms with Crippen LogP contribution >= 0.6 is 11.6 Å². The molecule has 0 spiro atoms. The van der Waals surface area contributed by atoms with E-state index in [9.17, 15) is 4.79 Å². The van der Waals surface area contributed by atoms with Gasteiger partial charge in [0, 0.05) is 5.56 Å². The summed E-state index contributed by atoms with van der Waals surface area (Å²) in [5.41, 5.74) is 1.92. The van der Waals surface area contributed by atoms with Crippen LogP contribution in [0.5, 0.6) is 0 Å². The van der Waals surface area contributed by atoms with Crippen LogP contribution in [0.4, 0.5) is 0 Å². The number of alkyl halides is 1. The molecule has 0 aliphatic heterocycles. The van der Waals surface area contributed by atoms with Crippen LogP contribution in [0.2, 0.25) is 0 Å². The second-order valence-corrected chi connectivity index (χ2v) is 5.47. The number of ketones is 1. The average molecular weight is 225 g/mol. The minimum absolute atomic E-state index is 0.0113. The fraction of sp³-hybridized carbons (Fsp3) is 0.462. The molecule has 0 bridgehead atoms. The molecule has 0 fully saturated rings. The van der Waals surface area contributed by atoms with Crippen molar-refractivity contribution in [2.24, 2.45) is 0 Å². The number of hydrogen-bond donors (Lipinski definition) is 0. The zero-order valence-electron chi connectivity index (χ0n) is 9.67. The molecule has 0 aromatic heterocycles. The lowest BCUT2D eigenvalue weighted by Crippen LogP contribution is -2.15. The van der Waals surface area contributed by atoms with Crippen molar-refractivity contribution < 1.29 is 4.79 Å². The van der Waals surface area contributed by atoms with E-state index in [1.165, 1.54) is 0 Å². The molecule has 1 unspecified atom stereocenters. The Morgan fingerprint density at radius 3 is 2.40 bits per heavy atom. The van der Waals surface area contributed by atoms with Crippen molar-refractivity contribution in [1.29, 1.82) is 0 Å². The smallest absolute Gasteiger partial charge is 0.180 e. The molecule has 0 amide bonds. The zero-order chi connectivity index (χ0) is 11.6. The number of Topliss-reactive ketones (excluding diaryl/α,β-unsaturated/α-hetero) is 1. The molecule has 0 saturated carbocycles. The fourth-order valence-electron chi connectivity index (χ4n) is 1.37. The van der Waals surface area contributed by atoms with Crippen molar-refractivity contribution >= 4 is 17.4 Å². The lowest BCUT2D eigenvalue weighted by Gasteiger charge is -2.19. The fourth-order valence-corrected chi connectivity index (χ4v) is 1.49. The first kappa shape index (κ1) is 12.3. The quantitative estimate of drug-likeness (QED) is 0.552. The minimum atomic E-state index is -0.458. The van der Waals surface area contributed by atoms with Crippen molar-refractivity contribution in [3.05, 3.63) is 35.4 Å². The van der Waals surface area contributed by atoms with Gasteiger partial charge in [-0.15, -0.1) is 11.6 Å². The third-order valence-electron chi connectivity index (χ3n) is 2.37. The number of carbonyl (C=O) groups is 1. The molecular formula is C13H17ClO. The molecule has 0 aliphatic carbocycles. The van der Waals surface area contributed by atoms with Crippen LogP contribution in [-0.2, 0) is 5.41 Å². The Balaban J connectivity index is 3.09. The van der Waals surface area contributed by atoms with E-state index >= 15 is 0 Å². The topological polar surface area (TPSA) is 17.1 Å². The molecule has 1 atom stereocenters. The summed E-state index contributed by atoms with van der Waals surface area (Å²) in [5.74, 6) is -0.0113. The molecule has 1 nitrogen and oxygen atoms in total. The number of hydrogen-bond acceptors (Lipinski definition) is 1. The first-order chi connectivity index (χ1) is 6.82. The zero-order valence-corrected chi connectivity index (χ0v) is 10.4. The van der Waals surface area contributed by atoms with Crippen LogP contribution in [0.15, 0.2) is 24.3 Å². The monoisotopic (exact) mass is 224 g/mol. The Morgan fingerprint density at radius 1 is 1.33 bits per heavy atom. The van der Waals surface area contributed by atoms with Gasteiger partial charge in [-0.25, -0.2) is 0 Å². The van der Waals surface area contributed by atoms with Gasteiger partial charge in [0.25, 0.3) is 0 Å². The Labute approximate surface area is 96.5 Å². The maximum atomic E-state index is 11.7. The molecule has 1 aromatic rings. The van der Waals surface area contributed by atoms with E-state index in [4.69, 9.17) is 11.6 Å². The Bertz CT molecular complexity index is 361. The Kier molecular flexibility index (Phi) is 3.56. The van der Waals surface area contributed by atoms with E-state index in [-0.39, 0.29) is 11.2 Å². The molecule has 0 saturated heterocycles. The van der Waals surface area contributed by atoms with Crippen LogP contribution in [0.1, 0.15) is 43.6 Å². The molecule has 2 heteroatoms. The SMILES string of the molecule is CC(Cl)C(=O)c1cccc(C(C)(C)C)c1. The molecule has 82 valence electrons. The van der Waals surface area contributed by atoms with Crippen molar-refractivity contribution in [1.82, 2.24) is 0 Å². The molecule has 0 heterocycles. The molecule has 0 radical (unpaired) electrons. The highest BCUT2D eigenvalue weighted by atomic mass is 35.5. The van der Waals surface area contributed by atoms with E-state index in [0.717, 1.165) is 5.56 Å². The third-order valence-corrected chi connectivity index (χ3v) is 2.57. The summed E-state index contributed by atoms with van der Waals surface area (Å²) in [5, 5.41) is -0.458. The molecule has 15 heavy (non-hydrogen) atoms. The van der Waals surface area contributed by atoms with Gasteiger partial charge in [-0.05, 0) is 24.0 Å². The van der Waals surface area contributed by atoms with Gasteiger partial charge in [-0.2, -0.15) is 0 Å². The van der Waals surface area contributed by atoms with E-state index in [1.54, 1.807) is 6.92 Å². The highest BCUT2D eigenvalue weighted by Crippen LogP contribution is 2.23. The minimum Gasteiger partial charge on any atom is -0.293 e. The van der Waals surface area contributed by atoms with Crippen molar-refractivity contribution in [2.75, 3.05) is 0 Å². The second-order valence-electron chi connectivity index (χ2n) is 4.81. The summed E-state index contributed by atoms with van der Waals surface area (Å²) in [7, 11) is 0. The normalized spacial score (nSPS) is 13.7. The summed E-state index contributed by atoms with van der Waals surface area (Å²) >= 11 is 5.78. The van der Waals surface area contributed by atoms with E-state index in [2.05, 4.69) is 20.8 Å². The molecule has 1 aromatic carbocycles. The first-order valence-corrected chi connectivity index (χ1v) is 5.55. The van der Waals surface area contributed by atoms with Crippen LogP contribution in [-0.4, -0.2) is 11.2 Å². The summed E-state index contributed by atoms with van der Waals surface area (Å²) in [6, 6.07) is 7.69. The average Bonchev–Trinajstić information content (AvgIpc) is 2.15. The molecule has 0 N–H and O–H groups in total. The second kappa shape index (κ2) is 4.36. The summed E-state index contributed by atoms with van der Waals surface area (Å²) < 4.78 is 0. The van der Waals surface area contributed by atoms with Gasteiger partial charge < -0.3 is 0 Å². The highest BCUT2D eigenvalue weighted by Gasteiger charge is 2.17. The van der Waals surface area contributed by atoms with Gasteiger partial charge in [0.05, 0.1) is 5.38 Å². The number of halogens is 1. The maximum Gasteiger partial charge on any atom is 0.180 e. The van der Waals surface area contributed by atoms with Gasteiger partial charge >= 0.3 is 0 Å². The summed E-state index contributed by atoms with van der Waals surface area (Å²) in [4.78, 5) is 11.7.